The van der Waals surface area contributed by atoms with Crippen molar-refractivity contribution in [2.75, 3.05) is 20.1 Å². The van der Waals surface area contributed by atoms with Crippen molar-refractivity contribution in [2.24, 2.45) is 0 Å². The van der Waals surface area contributed by atoms with Gasteiger partial charge in [0, 0.05) is 37.4 Å². The van der Waals surface area contributed by atoms with E-state index in [2.05, 4.69) is 42.2 Å². The van der Waals surface area contributed by atoms with Crippen LogP contribution in [0.4, 0.5) is 0 Å². The molecule has 0 radical (unpaired) electrons. The average molecular weight is 232 g/mol. The first-order valence-electron chi connectivity index (χ1n) is 5.90. The predicted molar refractivity (Wildman–Crippen MR) is 68.4 cm³/mol. The van der Waals surface area contributed by atoms with Gasteiger partial charge in [0.2, 0.25) is 0 Å². The molecule has 0 saturated carbocycles. The van der Waals surface area contributed by atoms with E-state index in [1.165, 1.54) is 0 Å². The Morgan fingerprint density at radius 1 is 1.53 bits per heavy atom. The molecule has 4 nitrogen and oxygen atoms in total. The molecule has 0 atom stereocenters. The number of hydrogen-bond donors (Lipinski definition) is 1. The van der Waals surface area contributed by atoms with Crippen LogP contribution >= 0.6 is 0 Å². The van der Waals surface area contributed by atoms with E-state index in [0.29, 0.717) is 18.3 Å². The van der Waals surface area contributed by atoms with Crippen LogP contribution in [0.25, 0.3) is 0 Å². The average Bonchev–Trinajstić information content (AvgIpc) is 2.34. The highest BCUT2D eigenvalue weighted by molar-refractivity contribution is 5.30. The Balaban J connectivity index is 2.34. The number of nitriles is 1. The standard InChI is InChI=1S/C13H20N4/c1-11(2)17(3)8-7-15-10-12-5-4-6-16-13(12)9-14/h4-6,11,15H,7-8,10H2,1-3H3. The summed E-state index contributed by atoms with van der Waals surface area (Å²) in [6.07, 6.45) is 1.65. The third-order valence-corrected chi connectivity index (χ3v) is 2.84. The Morgan fingerprint density at radius 2 is 2.29 bits per heavy atom. The second-order valence-corrected chi connectivity index (χ2v) is 4.37. The van der Waals surface area contributed by atoms with Crippen LogP contribution in [0, 0.1) is 11.3 Å². The molecule has 1 rings (SSSR count). The van der Waals surface area contributed by atoms with Gasteiger partial charge in [-0.2, -0.15) is 5.26 Å². The molecule has 0 aromatic carbocycles. The highest BCUT2D eigenvalue weighted by Crippen LogP contribution is 2.02. The number of pyridine rings is 1. The molecule has 0 saturated heterocycles. The quantitative estimate of drug-likeness (QED) is 0.753. The van der Waals surface area contributed by atoms with Crippen LogP contribution in [0.3, 0.4) is 0 Å². The van der Waals surface area contributed by atoms with E-state index >= 15 is 0 Å². The van der Waals surface area contributed by atoms with Crippen LogP contribution in [-0.2, 0) is 6.54 Å². The summed E-state index contributed by atoms with van der Waals surface area (Å²) in [5.41, 5.74) is 1.47. The molecule has 1 aromatic heterocycles. The summed E-state index contributed by atoms with van der Waals surface area (Å²) in [6.45, 7) is 6.96. The summed E-state index contributed by atoms with van der Waals surface area (Å²) in [5, 5.41) is 12.2. The van der Waals surface area contributed by atoms with Crippen molar-refractivity contribution in [3.63, 3.8) is 0 Å². The summed E-state index contributed by atoms with van der Waals surface area (Å²) in [6, 6.07) is 6.46. The molecule has 0 bridgehead atoms. The van der Waals surface area contributed by atoms with Crippen molar-refractivity contribution < 1.29 is 0 Å². The first-order chi connectivity index (χ1) is 8.15. The van der Waals surface area contributed by atoms with Crippen LogP contribution in [0.15, 0.2) is 18.3 Å². The van der Waals surface area contributed by atoms with Gasteiger partial charge < -0.3 is 10.2 Å². The van der Waals surface area contributed by atoms with E-state index < -0.39 is 0 Å². The topological polar surface area (TPSA) is 52.0 Å². The summed E-state index contributed by atoms with van der Waals surface area (Å²) in [5.74, 6) is 0. The molecular formula is C13H20N4. The molecule has 0 amide bonds. The maximum atomic E-state index is 8.89. The maximum Gasteiger partial charge on any atom is 0.144 e. The van der Waals surface area contributed by atoms with Gasteiger partial charge in [-0.25, -0.2) is 4.98 Å². The van der Waals surface area contributed by atoms with E-state index in [4.69, 9.17) is 5.26 Å². The van der Waals surface area contributed by atoms with Crippen molar-refractivity contribution >= 4 is 0 Å². The normalized spacial score (nSPS) is 10.8. The van der Waals surface area contributed by atoms with Crippen molar-refractivity contribution in [3.8, 4) is 6.07 Å². The molecule has 0 unspecified atom stereocenters. The maximum absolute atomic E-state index is 8.89. The van der Waals surface area contributed by atoms with Crippen molar-refractivity contribution in [2.45, 2.75) is 26.4 Å². The molecular weight excluding hydrogens is 212 g/mol. The smallest absolute Gasteiger partial charge is 0.144 e. The Morgan fingerprint density at radius 3 is 2.94 bits per heavy atom. The Hall–Kier alpha value is -1.44. The lowest BCUT2D eigenvalue weighted by atomic mass is 10.2. The lowest BCUT2D eigenvalue weighted by Gasteiger charge is -2.20. The molecule has 1 aromatic rings. The molecule has 0 aliphatic rings. The fourth-order valence-corrected chi connectivity index (χ4v) is 1.42. The number of rotatable bonds is 6. The fraction of sp³-hybridized carbons (Fsp3) is 0.538. The molecule has 17 heavy (non-hydrogen) atoms. The zero-order valence-corrected chi connectivity index (χ0v) is 10.8. The number of nitrogens with one attached hydrogen (secondary N) is 1. The van der Waals surface area contributed by atoms with Gasteiger partial charge in [0.1, 0.15) is 11.8 Å². The van der Waals surface area contributed by atoms with Gasteiger partial charge in [0.05, 0.1) is 0 Å². The third kappa shape index (κ3) is 4.51. The number of aromatic nitrogens is 1. The van der Waals surface area contributed by atoms with Gasteiger partial charge >= 0.3 is 0 Å². The zero-order chi connectivity index (χ0) is 12.7. The number of nitrogens with zero attached hydrogens (tertiary/aromatic N) is 3. The molecule has 92 valence electrons. The van der Waals surface area contributed by atoms with Crippen LogP contribution in [-0.4, -0.2) is 36.1 Å². The van der Waals surface area contributed by atoms with E-state index in [-0.39, 0.29) is 0 Å². The van der Waals surface area contributed by atoms with Crippen molar-refractivity contribution in [1.82, 2.24) is 15.2 Å². The largest absolute Gasteiger partial charge is 0.311 e. The van der Waals surface area contributed by atoms with Gasteiger partial charge in [0.25, 0.3) is 0 Å². The van der Waals surface area contributed by atoms with Crippen molar-refractivity contribution in [1.29, 1.82) is 5.26 Å². The highest BCUT2D eigenvalue weighted by Gasteiger charge is 2.03. The SMILES string of the molecule is CC(C)N(C)CCNCc1cccnc1C#N. The van der Waals surface area contributed by atoms with Gasteiger partial charge in [-0.05, 0) is 27.0 Å². The summed E-state index contributed by atoms with van der Waals surface area (Å²) < 4.78 is 0. The highest BCUT2D eigenvalue weighted by atomic mass is 15.1. The van der Waals surface area contributed by atoms with E-state index in [0.717, 1.165) is 18.7 Å². The van der Waals surface area contributed by atoms with Crippen LogP contribution in [0.1, 0.15) is 25.1 Å². The van der Waals surface area contributed by atoms with Crippen LogP contribution in [0.5, 0.6) is 0 Å². The lowest BCUT2D eigenvalue weighted by molar-refractivity contribution is 0.273. The predicted octanol–water partition coefficient (Wildman–Crippen LogP) is 1.38. The van der Waals surface area contributed by atoms with Gasteiger partial charge in [-0.3, -0.25) is 0 Å². The summed E-state index contributed by atoms with van der Waals surface area (Å²) >= 11 is 0. The van der Waals surface area contributed by atoms with Gasteiger partial charge in [-0.15, -0.1) is 0 Å². The molecule has 0 aliphatic carbocycles. The van der Waals surface area contributed by atoms with Gasteiger partial charge in [-0.1, -0.05) is 6.07 Å². The molecule has 1 N–H and O–H groups in total. The number of hydrogen-bond acceptors (Lipinski definition) is 4. The lowest BCUT2D eigenvalue weighted by Crippen LogP contribution is -2.33. The molecule has 0 spiro atoms. The molecule has 4 heteroatoms. The van der Waals surface area contributed by atoms with Crippen molar-refractivity contribution in [3.05, 3.63) is 29.6 Å². The second kappa shape index (κ2) is 7.00. The fourth-order valence-electron chi connectivity index (χ4n) is 1.42. The van der Waals surface area contributed by atoms with Crippen LogP contribution < -0.4 is 5.32 Å². The van der Waals surface area contributed by atoms with Crippen LogP contribution in [0.2, 0.25) is 0 Å². The first-order valence-corrected chi connectivity index (χ1v) is 5.90. The Bertz CT molecular complexity index is 381. The second-order valence-electron chi connectivity index (χ2n) is 4.37. The Kier molecular flexibility index (Phi) is 5.61. The molecule has 1 heterocycles. The third-order valence-electron chi connectivity index (χ3n) is 2.84. The van der Waals surface area contributed by atoms with Gasteiger partial charge in [0.15, 0.2) is 0 Å². The minimum atomic E-state index is 0.511. The Labute approximate surface area is 103 Å². The summed E-state index contributed by atoms with van der Waals surface area (Å²) in [4.78, 5) is 6.31. The number of likely N-dealkylation sites (N-methyl/N-ethyl adjacent to an activating group) is 1. The monoisotopic (exact) mass is 232 g/mol. The first kappa shape index (κ1) is 13.6. The summed E-state index contributed by atoms with van der Waals surface area (Å²) in [7, 11) is 2.11. The molecule has 0 fully saturated rings. The minimum absolute atomic E-state index is 0.511. The van der Waals surface area contributed by atoms with E-state index in [1.54, 1.807) is 6.20 Å². The van der Waals surface area contributed by atoms with E-state index in [9.17, 15) is 0 Å². The zero-order valence-electron chi connectivity index (χ0n) is 10.8. The minimum Gasteiger partial charge on any atom is -0.311 e. The van der Waals surface area contributed by atoms with E-state index in [1.807, 2.05) is 12.1 Å². The molecule has 0 aliphatic heterocycles.